The van der Waals surface area contributed by atoms with Gasteiger partial charge >= 0.3 is 54.0 Å². The predicted octanol–water partition coefficient (Wildman–Crippen LogP) is 5.93. The minimum Gasteiger partial charge on any atom is -0.464 e. The van der Waals surface area contributed by atoms with Gasteiger partial charge in [0.05, 0.1) is 19.1 Å². The van der Waals surface area contributed by atoms with Crippen LogP contribution in [0.3, 0.4) is 0 Å². The fraction of sp³-hybridized carbons (Fsp3) is 0.615. The van der Waals surface area contributed by atoms with Gasteiger partial charge in [-0.15, -0.1) is 13.7 Å². The summed E-state index contributed by atoms with van der Waals surface area (Å²) >= 11 is 0. The number of nitro groups is 1. The number of nitrogens with zero attached hydrogens (tertiary/aromatic N) is 2. The van der Waals surface area contributed by atoms with Crippen molar-refractivity contribution in [3.05, 3.63) is 61.2 Å². The highest BCUT2D eigenvalue weighted by Gasteiger charge is 2.57. The summed E-state index contributed by atoms with van der Waals surface area (Å²) in [6.07, 6.45) is 0. The van der Waals surface area contributed by atoms with E-state index in [2.05, 4.69) is 51.0 Å². The fourth-order valence-electron chi connectivity index (χ4n) is 2.51. The lowest BCUT2D eigenvalue weighted by Crippen LogP contribution is -2.34. The maximum atomic E-state index is 11.4. The molecule has 0 aliphatic rings. The van der Waals surface area contributed by atoms with Crippen LogP contribution in [0.25, 0.3) is 0 Å². The maximum Gasteiger partial charge on any atom is 0.524 e. The number of halogens is 6. The Morgan fingerprint density at radius 2 is 1.08 bits per heavy atom. The number of aromatic amines is 2. The predicted molar refractivity (Wildman–Crippen MR) is 174 cm³/mol. The molecule has 0 aromatic carbocycles. The molecule has 0 fully saturated rings. The monoisotopic (exact) mass is 827 g/mol. The number of methoxy groups -OCH3 is 2. The number of alkyl halides is 6. The van der Waals surface area contributed by atoms with Crippen molar-refractivity contribution in [2.24, 2.45) is 5.90 Å². The zero-order chi connectivity index (χ0) is 43.6. The summed E-state index contributed by atoms with van der Waals surface area (Å²) in [5, 5.41) is 18.5. The maximum absolute atomic E-state index is 11.4. The third-order valence-electron chi connectivity index (χ3n) is 4.92. The van der Waals surface area contributed by atoms with Gasteiger partial charge in [0.15, 0.2) is 0 Å². The van der Waals surface area contributed by atoms with E-state index in [1.807, 2.05) is 58.2 Å². The number of aromatic nitrogens is 2. The molecule has 2 heterocycles. The second-order valence-electron chi connectivity index (χ2n) is 10.7. The number of rotatable bonds is 6. The van der Waals surface area contributed by atoms with Crippen LogP contribution in [0, 0.1) is 20.2 Å². The molecule has 2 rings (SSSR count). The van der Waals surface area contributed by atoms with Crippen LogP contribution in [0.1, 0.15) is 102 Å². The van der Waals surface area contributed by atoms with Gasteiger partial charge in [0.25, 0.3) is 0 Å². The Balaban J connectivity index is -0.000000306. The van der Waals surface area contributed by atoms with Gasteiger partial charge in [0.2, 0.25) is 5.69 Å². The molecule has 4 N–H and O–H groups in total. The quantitative estimate of drug-likeness (QED) is 0.100. The van der Waals surface area contributed by atoms with Gasteiger partial charge < -0.3 is 19.4 Å². The smallest absolute Gasteiger partial charge is 0.464 e. The van der Waals surface area contributed by atoms with Gasteiger partial charge in [0.1, 0.15) is 5.69 Å². The lowest BCUT2D eigenvalue weighted by molar-refractivity contribution is -0.762. The topological polar surface area (TPSA) is 283 Å². The van der Waals surface area contributed by atoms with Crippen molar-refractivity contribution >= 4 is 37.9 Å². The minimum atomic E-state index is -6.85. The van der Waals surface area contributed by atoms with E-state index in [0.717, 1.165) is 5.69 Å². The van der Waals surface area contributed by atoms with Gasteiger partial charge in [-0.05, 0) is 12.1 Å². The van der Waals surface area contributed by atoms with Gasteiger partial charge in [-0.1, -0.05) is 69.2 Å². The van der Waals surface area contributed by atoms with Crippen LogP contribution in [0.2, 0.25) is 0 Å². The van der Waals surface area contributed by atoms with E-state index in [-0.39, 0.29) is 28.2 Å². The molecule has 0 atom stereocenters. The summed E-state index contributed by atoms with van der Waals surface area (Å²) in [5.41, 5.74) is -11.0. The first-order valence-corrected chi connectivity index (χ1v) is 17.1. The van der Waals surface area contributed by atoms with Crippen LogP contribution in [0.5, 0.6) is 0 Å². The molecule has 19 nitrogen and oxygen atoms in total. The highest BCUT2D eigenvalue weighted by Crippen LogP contribution is 2.32. The van der Waals surface area contributed by atoms with E-state index < -0.39 is 47.2 Å². The van der Waals surface area contributed by atoms with Gasteiger partial charge in [-0.2, -0.15) is 49.1 Å². The first kappa shape index (κ1) is 55.3. The van der Waals surface area contributed by atoms with Crippen LogP contribution in [-0.4, -0.2) is 74.0 Å². The number of hydrogen-bond acceptors (Lipinski definition) is 15. The highest BCUT2D eigenvalue weighted by atomic mass is 32.3. The molecule has 53 heavy (non-hydrogen) atoms. The molecule has 0 aliphatic carbocycles. The van der Waals surface area contributed by atoms with Crippen LogP contribution in [0.4, 0.5) is 32.0 Å². The zero-order valence-electron chi connectivity index (χ0n) is 30.5. The number of ether oxygens (including phenoxy) is 2. The molecule has 2 aromatic rings. The summed E-state index contributed by atoms with van der Waals surface area (Å²) in [7, 11) is -11.1. The summed E-state index contributed by atoms with van der Waals surface area (Å²) in [4.78, 5) is 50.1. The van der Waals surface area contributed by atoms with E-state index in [0.29, 0.717) is 11.4 Å². The summed E-state index contributed by atoms with van der Waals surface area (Å²) in [5.74, 6) is 2.91. The van der Waals surface area contributed by atoms with Crippen molar-refractivity contribution < 1.29 is 80.8 Å². The lowest BCUT2D eigenvalue weighted by atomic mass is 9.92. The molecule has 0 saturated carbocycles. The molecule has 0 aliphatic heterocycles. The van der Waals surface area contributed by atoms with Crippen molar-refractivity contribution in [2.45, 2.75) is 91.1 Å². The molecule has 27 heteroatoms. The van der Waals surface area contributed by atoms with Crippen LogP contribution in [0.15, 0.2) is 18.2 Å². The summed E-state index contributed by atoms with van der Waals surface area (Å²) in [6.45, 7) is 19.9. The van der Waals surface area contributed by atoms with Gasteiger partial charge in [0, 0.05) is 28.3 Å². The van der Waals surface area contributed by atoms with Crippen molar-refractivity contribution in [2.75, 3.05) is 14.2 Å². The Labute approximate surface area is 300 Å². The Bertz CT molecular complexity index is 1630. The van der Waals surface area contributed by atoms with E-state index >= 15 is 0 Å². The first-order valence-electron chi connectivity index (χ1n) is 14.3. The highest BCUT2D eigenvalue weighted by molar-refractivity contribution is 8.00. The van der Waals surface area contributed by atoms with E-state index in [9.17, 15) is 62.9 Å². The van der Waals surface area contributed by atoms with Crippen molar-refractivity contribution in [1.29, 1.82) is 0 Å². The van der Waals surface area contributed by atoms with Crippen LogP contribution >= 0.6 is 0 Å². The Morgan fingerprint density at radius 1 is 0.717 bits per heavy atom. The summed E-state index contributed by atoms with van der Waals surface area (Å²) < 4.78 is 119. The molecule has 0 saturated heterocycles. The van der Waals surface area contributed by atoms with Gasteiger partial charge in [-0.3, -0.25) is 10.1 Å². The Morgan fingerprint density at radius 3 is 1.32 bits per heavy atom. The first-order chi connectivity index (χ1) is 23.7. The van der Waals surface area contributed by atoms with E-state index in [1.165, 1.54) is 20.3 Å². The van der Waals surface area contributed by atoms with E-state index in [1.54, 1.807) is 6.07 Å². The standard InChI is InChI=1S/C10H14N2O4.C10H15NO2.C2F6O5S2.2C2H6.H2N2O3/c1-10(2,3)7-5-6(12(14)15)8(11-7)9(13)16-4;1-10(2,3)8-6-5-7(11-8)9(12)13-4;3-1(4,5)14(9,10)13-15(11,12)2(6,7)8;2*1-2;1-5-2(3)4/h5,11H,1-4H3;5-6,11H,1-4H3;;2*1-2H3;1H2. The minimum absolute atomic E-state index is 0.0340. The number of nitrogens with two attached hydrogens (primary N) is 1. The molecular weight excluding hydrogens is 784 g/mol. The molecular formula is C26H43F6N5O14S2. The van der Waals surface area contributed by atoms with Crippen LogP contribution < -0.4 is 5.90 Å². The Kier molecular flexibility index (Phi) is 23.5. The third-order valence-corrected chi connectivity index (χ3v) is 7.49. The van der Waals surface area contributed by atoms with Crippen LogP contribution in [-0.2, 0) is 49.1 Å². The van der Waals surface area contributed by atoms with Crippen molar-refractivity contribution in [3.63, 3.8) is 0 Å². The number of carbonyl (C=O) groups is 2. The second-order valence-corrected chi connectivity index (χ2v) is 14.0. The molecule has 0 spiro atoms. The second kappa shape index (κ2) is 22.5. The molecule has 310 valence electrons. The number of carbonyl (C=O) groups excluding carboxylic acids is 2. The average Bonchev–Trinajstić information content (AvgIpc) is 3.71. The van der Waals surface area contributed by atoms with Crippen molar-refractivity contribution in [3.8, 4) is 0 Å². The number of nitrogens with one attached hydrogen (secondary N) is 2. The molecule has 0 bridgehead atoms. The fourth-order valence-corrected chi connectivity index (χ4v) is 4.07. The van der Waals surface area contributed by atoms with Gasteiger partial charge in [-0.25, -0.2) is 14.5 Å². The Hall–Kier alpha value is -4.50. The molecule has 0 amide bonds. The number of hydrogen-bond donors (Lipinski definition) is 3. The largest absolute Gasteiger partial charge is 0.524 e. The molecule has 0 unspecified atom stereocenters. The zero-order valence-corrected chi connectivity index (χ0v) is 32.1. The normalized spacial score (nSPS) is 11.4. The SMILES string of the molecule is CC.CC.COC(=O)c1[nH]c(C(C)(C)C)cc1[N+](=O)[O-].COC(=O)c1ccc(C(C)(C)C)[nH]1.NO[N+](=O)[O-].O=S(=O)(OS(=O)(=O)C(F)(F)F)C(F)(F)F. The molecule has 0 radical (unpaired) electrons. The van der Waals surface area contributed by atoms with Crippen molar-refractivity contribution in [1.82, 2.24) is 9.97 Å². The lowest BCUT2D eigenvalue weighted by Gasteiger charge is -2.15. The molecule has 2 aromatic heterocycles. The average molecular weight is 828 g/mol. The number of esters is 2. The third kappa shape index (κ3) is 19.8. The number of H-pyrrole nitrogens is 2. The van der Waals surface area contributed by atoms with E-state index in [4.69, 9.17) is 10.1 Å². The summed E-state index contributed by atoms with van der Waals surface area (Å²) in [6, 6.07) is 5.02.